The van der Waals surface area contributed by atoms with Gasteiger partial charge in [0.2, 0.25) is 5.91 Å². The summed E-state index contributed by atoms with van der Waals surface area (Å²) in [6.07, 6.45) is 0. The Bertz CT molecular complexity index is 564. The van der Waals surface area contributed by atoms with Crippen LogP contribution in [0.2, 0.25) is 0 Å². The molecule has 0 heterocycles. The number of amides is 1. The van der Waals surface area contributed by atoms with Gasteiger partial charge in [0.05, 0.1) is 0 Å². The van der Waals surface area contributed by atoms with E-state index in [1.54, 1.807) is 0 Å². The molecule has 0 unspecified atom stereocenters. The van der Waals surface area contributed by atoms with E-state index in [-0.39, 0.29) is 5.56 Å². The van der Waals surface area contributed by atoms with Crippen molar-refractivity contribution in [3.63, 3.8) is 0 Å². The molecule has 0 aliphatic carbocycles. The van der Waals surface area contributed by atoms with Crippen LogP contribution < -0.4 is 5.73 Å². The monoisotopic (exact) mass is 233 g/mol. The fourth-order valence-electron chi connectivity index (χ4n) is 1.60. The Balaban J connectivity index is 2.60. The second kappa shape index (κ2) is 4.33. The lowest BCUT2D eigenvalue weighted by molar-refractivity contribution is 0.100. The highest BCUT2D eigenvalue weighted by molar-refractivity contribution is 5.99. The summed E-state index contributed by atoms with van der Waals surface area (Å²) >= 11 is 0. The average Bonchev–Trinajstić information content (AvgIpc) is 2.29. The molecule has 0 atom stereocenters. The molecule has 0 fully saturated rings. The molecule has 2 rings (SSSR count). The van der Waals surface area contributed by atoms with E-state index in [0.29, 0.717) is 11.1 Å². The normalized spacial score (nSPS) is 10.2. The molecule has 4 heteroatoms. The number of hydrogen-bond acceptors (Lipinski definition) is 1. The summed E-state index contributed by atoms with van der Waals surface area (Å²) in [5.41, 5.74) is 6.30. The molecule has 17 heavy (non-hydrogen) atoms. The molecule has 2 aromatic rings. The van der Waals surface area contributed by atoms with Crippen LogP contribution in [0.1, 0.15) is 10.4 Å². The largest absolute Gasteiger partial charge is 0.366 e. The van der Waals surface area contributed by atoms with Crippen molar-refractivity contribution in [3.05, 3.63) is 59.7 Å². The molecule has 0 aliphatic heterocycles. The van der Waals surface area contributed by atoms with Crippen LogP contribution in [0, 0.1) is 11.6 Å². The van der Waals surface area contributed by atoms with Gasteiger partial charge in [0, 0.05) is 5.56 Å². The molecule has 0 aliphatic rings. The van der Waals surface area contributed by atoms with Crippen LogP contribution in [0.4, 0.5) is 8.78 Å². The summed E-state index contributed by atoms with van der Waals surface area (Å²) in [6, 6.07) is 9.10. The van der Waals surface area contributed by atoms with Crippen molar-refractivity contribution >= 4 is 5.91 Å². The molecule has 0 saturated carbocycles. The lowest BCUT2D eigenvalue weighted by Crippen LogP contribution is -2.12. The van der Waals surface area contributed by atoms with Crippen molar-refractivity contribution in [3.8, 4) is 11.1 Å². The van der Waals surface area contributed by atoms with Gasteiger partial charge in [0.25, 0.3) is 0 Å². The van der Waals surface area contributed by atoms with Crippen molar-refractivity contribution in [2.24, 2.45) is 5.73 Å². The van der Waals surface area contributed by atoms with Crippen LogP contribution in [-0.2, 0) is 0 Å². The molecule has 0 bridgehead atoms. The van der Waals surface area contributed by atoms with Crippen LogP contribution in [0.5, 0.6) is 0 Å². The van der Waals surface area contributed by atoms with Gasteiger partial charge in [-0.15, -0.1) is 0 Å². The Labute approximate surface area is 96.7 Å². The Morgan fingerprint density at radius 2 is 1.53 bits per heavy atom. The van der Waals surface area contributed by atoms with Crippen LogP contribution in [0.15, 0.2) is 42.5 Å². The van der Waals surface area contributed by atoms with Crippen molar-refractivity contribution < 1.29 is 13.6 Å². The number of nitrogens with two attached hydrogens (primary N) is 1. The number of halogens is 2. The van der Waals surface area contributed by atoms with E-state index in [9.17, 15) is 13.6 Å². The third-order valence-electron chi connectivity index (χ3n) is 2.40. The van der Waals surface area contributed by atoms with Crippen molar-refractivity contribution in [1.29, 1.82) is 0 Å². The van der Waals surface area contributed by atoms with Crippen LogP contribution in [0.3, 0.4) is 0 Å². The zero-order valence-electron chi connectivity index (χ0n) is 8.78. The Hall–Kier alpha value is -2.23. The maximum atomic E-state index is 13.1. The van der Waals surface area contributed by atoms with E-state index in [1.165, 1.54) is 36.4 Å². The highest BCUT2D eigenvalue weighted by Gasteiger charge is 2.11. The number of hydrogen-bond donors (Lipinski definition) is 1. The first kappa shape index (κ1) is 11.3. The number of carbonyl (C=O) groups is 1. The van der Waals surface area contributed by atoms with E-state index in [1.807, 2.05) is 0 Å². The summed E-state index contributed by atoms with van der Waals surface area (Å²) in [4.78, 5) is 11.2. The first-order chi connectivity index (χ1) is 8.08. The van der Waals surface area contributed by atoms with Gasteiger partial charge in [-0.05, 0) is 41.5 Å². The Morgan fingerprint density at radius 1 is 0.941 bits per heavy atom. The molecular formula is C13H9F2NO. The lowest BCUT2D eigenvalue weighted by Gasteiger charge is -2.07. The minimum atomic E-state index is -0.649. The van der Waals surface area contributed by atoms with Crippen LogP contribution >= 0.6 is 0 Å². The third kappa shape index (κ3) is 2.30. The fraction of sp³-hybridized carbons (Fsp3) is 0. The standard InChI is InChI=1S/C13H9F2NO/c14-9-3-1-8(2-4-9)12-7-10(15)5-6-11(12)13(16)17/h1-7H,(H2,16,17). The number of benzene rings is 2. The number of carbonyl (C=O) groups excluding carboxylic acids is 1. The Morgan fingerprint density at radius 3 is 2.12 bits per heavy atom. The SMILES string of the molecule is NC(=O)c1ccc(F)cc1-c1ccc(F)cc1. The van der Waals surface area contributed by atoms with Crippen molar-refractivity contribution in [2.45, 2.75) is 0 Å². The van der Waals surface area contributed by atoms with Crippen molar-refractivity contribution in [2.75, 3.05) is 0 Å². The molecule has 2 aromatic carbocycles. The van der Waals surface area contributed by atoms with Crippen LogP contribution in [-0.4, -0.2) is 5.91 Å². The van der Waals surface area contributed by atoms with Gasteiger partial charge in [-0.3, -0.25) is 4.79 Å². The minimum Gasteiger partial charge on any atom is -0.366 e. The van der Waals surface area contributed by atoms with E-state index < -0.39 is 17.5 Å². The summed E-state index contributed by atoms with van der Waals surface area (Å²) < 4.78 is 25.9. The number of rotatable bonds is 2. The molecule has 0 radical (unpaired) electrons. The number of primary amides is 1. The smallest absolute Gasteiger partial charge is 0.249 e. The molecule has 2 N–H and O–H groups in total. The quantitative estimate of drug-likeness (QED) is 0.851. The molecular weight excluding hydrogens is 224 g/mol. The van der Waals surface area contributed by atoms with Gasteiger partial charge in [0.15, 0.2) is 0 Å². The first-order valence-electron chi connectivity index (χ1n) is 4.93. The minimum absolute atomic E-state index is 0.206. The highest BCUT2D eigenvalue weighted by Crippen LogP contribution is 2.24. The van der Waals surface area contributed by atoms with Gasteiger partial charge in [-0.2, -0.15) is 0 Å². The summed E-state index contributed by atoms with van der Waals surface area (Å²) in [6.45, 7) is 0. The van der Waals surface area contributed by atoms with E-state index in [4.69, 9.17) is 5.73 Å². The molecule has 2 nitrogen and oxygen atoms in total. The average molecular weight is 233 g/mol. The zero-order valence-corrected chi connectivity index (χ0v) is 8.78. The predicted molar refractivity (Wildman–Crippen MR) is 60.3 cm³/mol. The van der Waals surface area contributed by atoms with E-state index in [0.717, 1.165) is 6.07 Å². The summed E-state index contributed by atoms with van der Waals surface area (Å²) in [5.74, 6) is -1.52. The second-order valence-corrected chi connectivity index (χ2v) is 3.56. The highest BCUT2D eigenvalue weighted by atomic mass is 19.1. The molecule has 0 saturated heterocycles. The van der Waals surface area contributed by atoms with Gasteiger partial charge in [0.1, 0.15) is 11.6 Å². The molecule has 0 aromatic heterocycles. The lowest BCUT2D eigenvalue weighted by atomic mass is 9.99. The van der Waals surface area contributed by atoms with Gasteiger partial charge < -0.3 is 5.73 Å². The van der Waals surface area contributed by atoms with Crippen LogP contribution in [0.25, 0.3) is 11.1 Å². The van der Waals surface area contributed by atoms with E-state index in [2.05, 4.69) is 0 Å². The summed E-state index contributed by atoms with van der Waals surface area (Å²) in [5, 5.41) is 0. The Kier molecular flexibility index (Phi) is 2.87. The molecule has 86 valence electrons. The van der Waals surface area contributed by atoms with Gasteiger partial charge >= 0.3 is 0 Å². The predicted octanol–water partition coefficient (Wildman–Crippen LogP) is 2.73. The fourth-order valence-corrected chi connectivity index (χ4v) is 1.60. The van der Waals surface area contributed by atoms with Gasteiger partial charge in [-0.1, -0.05) is 12.1 Å². The maximum absolute atomic E-state index is 13.1. The topological polar surface area (TPSA) is 43.1 Å². The first-order valence-corrected chi connectivity index (χ1v) is 4.93. The third-order valence-corrected chi connectivity index (χ3v) is 2.40. The second-order valence-electron chi connectivity index (χ2n) is 3.56. The van der Waals surface area contributed by atoms with Gasteiger partial charge in [-0.25, -0.2) is 8.78 Å². The summed E-state index contributed by atoms with van der Waals surface area (Å²) in [7, 11) is 0. The van der Waals surface area contributed by atoms with Crippen molar-refractivity contribution in [1.82, 2.24) is 0 Å². The molecule has 0 spiro atoms. The zero-order chi connectivity index (χ0) is 12.4. The van der Waals surface area contributed by atoms with E-state index >= 15 is 0 Å². The molecule has 1 amide bonds. The maximum Gasteiger partial charge on any atom is 0.249 e.